The number of rotatable bonds is 6. The molecule has 0 atom stereocenters. The second-order valence-electron chi connectivity index (χ2n) is 4.57. The molecule has 4 heteroatoms. The normalized spacial score (nSPS) is 10.6. The van der Waals surface area contributed by atoms with E-state index in [0.717, 1.165) is 41.2 Å². The summed E-state index contributed by atoms with van der Waals surface area (Å²) in [6.45, 7) is 3.95. The van der Waals surface area contributed by atoms with Crippen LogP contribution in [0, 0.1) is 0 Å². The van der Waals surface area contributed by atoms with Crippen LogP contribution in [0.4, 0.5) is 0 Å². The van der Waals surface area contributed by atoms with Crippen LogP contribution in [-0.4, -0.2) is 18.6 Å². The monoisotopic (exact) mass is 290 g/mol. The Hall–Kier alpha value is -1.58. The van der Waals surface area contributed by atoms with Crippen LogP contribution in [-0.2, 0) is 6.54 Å². The van der Waals surface area contributed by atoms with E-state index in [0.29, 0.717) is 5.88 Å². The molecule has 0 saturated heterocycles. The van der Waals surface area contributed by atoms with E-state index in [9.17, 15) is 0 Å². The van der Waals surface area contributed by atoms with E-state index in [1.165, 1.54) is 0 Å². The van der Waals surface area contributed by atoms with Crippen molar-refractivity contribution < 1.29 is 4.74 Å². The molecule has 3 nitrogen and oxygen atoms in total. The molecule has 1 N–H and O–H groups in total. The van der Waals surface area contributed by atoms with Crippen LogP contribution in [0.25, 0.3) is 11.1 Å². The van der Waals surface area contributed by atoms with Gasteiger partial charge < -0.3 is 10.1 Å². The first-order valence-electron chi connectivity index (χ1n) is 6.74. The lowest BCUT2D eigenvalue weighted by molar-refractivity contribution is 0.398. The molecule has 20 heavy (non-hydrogen) atoms. The number of nitrogens with one attached hydrogen (secondary N) is 1. The molecule has 0 unspecified atom stereocenters. The summed E-state index contributed by atoms with van der Waals surface area (Å²) in [5.41, 5.74) is 3.20. The van der Waals surface area contributed by atoms with Gasteiger partial charge in [0.05, 0.1) is 7.11 Å². The first-order chi connectivity index (χ1) is 9.74. The standard InChI is InChI=1S/C16H19ClN2O/c1-3-8-18-10-14-5-4-12(9-15(14)17)13-6-7-16(20-2)19-11-13/h4-7,9,11,18H,3,8,10H2,1-2H3. The number of methoxy groups -OCH3 is 1. The van der Waals surface area contributed by atoms with Crippen LogP contribution < -0.4 is 10.1 Å². The maximum absolute atomic E-state index is 6.33. The molecule has 0 aliphatic heterocycles. The lowest BCUT2D eigenvalue weighted by atomic mass is 10.1. The highest BCUT2D eigenvalue weighted by Gasteiger charge is 2.04. The van der Waals surface area contributed by atoms with Crippen LogP contribution in [0.15, 0.2) is 36.5 Å². The van der Waals surface area contributed by atoms with Crippen LogP contribution in [0.3, 0.4) is 0 Å². The van der Waals surface area contributed by atoms with Gasteiger partial charge in [-0.2, -0.15) is 0 Å². The van der Waals surface area contributed by atoms with Crippen LogP contribution in [0.5, 0.6) is 5.88 Å². The Morgan fingerprint density at radius 1 is 1.20 bits per heavy atom. The van der Waals surface area contributed by atoms with Crippen molar-refractivity contribution in [3.63, 3.8) is 0 Å². The highest BCUT2D eigenvalue weighted by molar-refractivity contribution is 6.31. The summed E-state index contributed by atoms with van der Waals surface area (Å²) in [6, 6.07) is 9.93. The third-order valence-electron chi connectivity index (χ3n) is 3.07. The molecule has 0 aliphatic carbocycles. The van der Waals surface area contributed by atoms with Crippen LogP contribution in [0.2, 0.25) is 5.02 Å². The molecular weight excluding hydrogens is 272 g/mol. The maximum Gasteiger partial charge on any atom is 0.212 e. The second kappa shape index (κ2) is 7.27. The Labute approximate surface area is 124 Å². The van der Waals surface area contributed by atoms with E-state index in [1.54, 1.807) is 13.3 Å². The van der Waals surface area contributed by atoms with E-state index in [2.05, 4.69) is 29.4 Å². The number of benzene rings is 1. The number of ether oxygens (including phenoxy) is 1. The van der Waals surface area contributed by atoms with Crippen LogP contribution >= 0.6 is 11.6 Å². The Morgan fingerprint density at radius 3 is 2.60 bits per heavy atom. The summed E-state index contributed by atoms with van der Waals surface area (Å²) < 4.78 is 5.06. The minimum atomic E-state index is 0.611. The van der Waals surface area contributed by atoms with Gasteiger partial charge in [0.15, 0.2) is 0 Å². The molecule has 0 radical (unpaired) electrons. The van der Waals surface area contributed by atoms with Crippen molar-refractivity contribution in [2.75, 3.05) is 13.7 Å². The molecular formula is C16H19ClN2O. The highest BCUT2D eigenvalue weighted by atomic mass is 35.5. The predicted octanol–water partition coefficient (Wildman–Crippen LogP) is 3.91. The zero-order valence-electron chi connectivity index (χ0n) is 11.8. The first kappa shape index (κ1) is 14.8. The van der Waals surface area contributed by atoms with Crippen molar-refractivity contribution >= 4 is 11.6 Å². The van der Waals surface area contributed by atoms with Crippen molar-refractivity contribution in [1.82, 2.24) is 10.3 Å². The van der Waals surface area contributed by atoms with Gasteiger partial charge in [-0.3, -0.25) is 0 Å². The summed E-state index contributed by atoms with van der Waals surface area (Å²) in [4.78, 5) is 4.21. The van der Waals surface area contributed by atoms with E-state index >= 15 is 0 Å². The van der Waals surface area contributed by atoms with Gasteiger partial charge in [-0.15, -0.1) is 0 Å². The topological polar surface area (TPSA) is 34.1 Å². The molecule has 0 spiro atoms. The Kier molecular flexibility index (Phi) is 5.39. The Balaban J connectivity index is 2.14. The summed E-state index contributed by atoms with van der Waals surface area (Å²) in [7, 11) is 1.61. The summed E-state index contributed by atoms with van der Waals surface area (Å²) in [5, 5.41) is 4.13. The number of hydrogen-bond donors (Lipinski definition) is 1. The number of nitrogens with zero attached hydrogens (tertiary/aromatic N) is 1. The van der Waals surface area contributed by atoms with Crippen molar-refractivity contribution in [3.8, 4) is 17.0 Å². The quantitative estimate of drug-likeness (QED) is 0.819. The lowest BCUT2D eigenvalue weighted by Crippen LogP contribution is -2.13. The molecule has 0 aliphatic rings. The molecule has 0 bridgehead atoms. The van der Waals surface area contributed by atoms with E-state index in [-0.39, 0.29) is 0 Å². The average molecular weight is 291 g/mol. The average Bonchev–Trinajstić information content (AvgIpc) is 2.49. The van der Waals surface area contributed by atoms with Gasteiger partial charge in [-0.25, -0.2) is 4.98 Å². The van der Waals surface area contributed by atoms with Crippen molar-refractivity contribution in [1.29, 1.82) is 0 Å². The molecule has 0 amide bonds. The molecule has 1 aromatic heterocycles. The maximum atomic E-state index is 6.33. The number of aromatic nitrogens is 1. The summed E-state index contributed by atoms with van der Waals surface area (Å²) in [6.07, 6.45) is 2.91. The van der Waals surface area contributed by atoms with Crippen molar-refractivity contribution in [2.45, 2.75) is 19.9 Å². The third-order valence-corrected chi connectivity index (χ3v) is 3.43. The Morgan fingerprint density at radius 2 is 2.00 bits per heavy atom. The van der Waals surface area contributed by atoms with Gasteiger partial charge in [0.25, 0.3) is 0 Å². The van der Waals surface area contributed by atoms with Gasteiger partial charge in [0, 0.05) is 29.4 Å². The fourth-order valence-electron chi connectivity index (χ4n) is 1.94. The molecule has 2 aromatic rings. The fourth-order valence-corrected chi connectivity index (χ4v) is 2.19. The first-order valence-corrected chi connectivity index (χ1v) is 7.12. The smallest absolute Gasteiger partial charge is 0.212 e. The second-order valence-corrected chi connectivity index (χ2v) is 4.98. The third kappa shape index (κ3) is 3.71. The highest BCUT2D eigenvalue weighted by Crippen LogP contribution is 2.26. The molecule has 0 saturated carbocycles. The van der Waals surface area contributed by atoms with Gasteiger partial charge in [-0.1, -0.05) is 30.7 Å². The van der Waals surface area contributed by atoms with Gasteiger partial charge in [-0.05, 0) is 36.2 Å². The molecule has 1 aromatic carbocycles. The Bertz CT molecular complexity index is 555. The number of pyridine rings is 1. The predicted molar refractivity (Wildman–Crippen MR) is 83.2 cm³/mol. The molecule has 0 fully saturated rings. The fraction of sp³-hybridized carbons (Fsp3) is 0.312. The van der Waals surface area contributed by atoms with Crippen molar-refractivity contribution in [2.24, 2.45) is 0 Å². The van der Waals surface area contributed by atoms with E-state index < -0.39 is 0 Å². The summed E-state index contributed by atoms with van der Waals surface area (Å²) in [5.74, 6) is 0.611. The lowest BCUT2D eigenvalue weighted by Gasteiger charge is -2.08. The zero-order chi connectivity index (χ0) is 14.4. The van der Waals surface area contributed by atoms with Crippen LogP contribution in [0.1, 0.15) is 18.9 Å². The van der Waals surface area contributed by atoms with Gasteiger partial charge in [0.1, 0.15) is 0 Å². The van der Waals surface area contributed by atoms with Gasteiger partial charge in [0.2, 0.25) is 5.88 Å². The zero-order valence-corrected chi connectivity index (χ0v) is 12.6. The molecule has 1 heterocycles. The van der Waals surface area contributed by atoms with Gasteiger partial charge >= 0.3 is 0 Å². The van der Waals surface area contributed by atoms with E-state index in [4.69, 9.17) is 16.3 Å². The van der Waals surface area contributed by atoms with Crippen molar-refractivity contribution in [3.05, 3.63) is 47.1 Å². The molecule has 2 rings (SSSR count). The molecule has 106 valence electrons. The van der Waals surface area contributed by atoms with E-state index in [1.807, 2.05) is 18.2 Å². The minimum Gasteiger partial charge on any atom is -0.481 e. The summed E-state index contributed by atoms with van der Waals surface area (Å²) >= 11 is 6.33. The SMILES string of the molecule is CCCNCc1ccc(-c2ccc(OC)nc2)cc1Cl. The number of halogens is 1. The largest absolute Gasteiger partial charge is 0.481 e. The minimum absolute atomic E-state index is 0.611. The number of hydrogen-bond acceptors (Lipinski definition) is 3.